The number of hydrogen-bond acceptors (Lipinski definition) is 5. The van der Waals surface area contributed by atoms with E-state index in [4.69, 9.17) is 10.6 Å². The Kier molecular flexibility index (Phi) is 3.66. The average Bonchev–Trinajstić information content (AvgIpc) is 3.07. The Hall–Kier alpha value is -2.64. The van der Waals surface area contributed by atoms with Gasteiger partial charge in [-0.3, -0.25) is 9.69 Å². The van der Waals surface area contributed by atoms with Gasteiger partial charge in [0.2, 0.25) is 5.91 Å². The number of hydrogen-bond donors (Lipinski definition) is 1. The van der Waals surface area contributed by atoms with Crippen molar-refractivity contribution in [1.82, 2.24) is 4.98 Å². The van der Waals surface area contributed by atoms with Gasteiger partial charge in [-0.25, -0.2) is 9.78 Å². The van der Waals surface area contributed by atoms with Gasteiger partial charge in [-0.2, -0.15) is 0 Å². The third-order valence-electron chi connectivity index (χ3n) is 3.46. The second-order valence-electron chi connectivity index (χ2n) is 4.97. The van der Waals surface area contributed by atoms with Crippen molar-refractivity contribution < 1.29 is 14.7 Å². The predicted octanol–water partition coefficient (Wildman–Crippen LogP) is 2.66. The van der Waals surface area contributed by atoms with Crippen molar-refractivity contribution in [2.24, 2.45) is 11.0 Å². The van der Waals surface area contributed by atoms with E-state index >= 15 is 0 Å². The lowest BCUT2D eigenvalue weighted by Crippen LogP contribution is -2.24. The summed E-state index contributed by atoms with van der Waals surface area (Å²) in [6, 6.07) is 4.68. The Balaban J connectivity index is 1.88. The van der Waals surface area contributed by atoms with Crippen LogP contribution in [0.1, 0.15) is 16.8 Å². The van der Waals surface area contributed by atoms with Gasteiger partial charge in [0, 0.05) is 24.4 Å². The number of thiazole rings is 1. The van der Waals surface area contributed by atoms with Gasteiger partial charge in [0.15, 0.2) is 5.13 Å². The second kappa shape index (κ2) is 5.63. The number of carbonyl (C=O) groups is 2. The molecule has 0 spiro atoms. The molecule has 8 nitrogen and oxygen atoms in total. The first-order valence-electron chi connectivity index (χ1n) is 6.53. The summed E-state index contributed by atoms with van der Waals surface area (Å²) in [6.07, 6.45) is 0.329. The van der Waals surface area contributed by atoms with E-state index in [2.05, 4.69) is 15.0 Å². The highest BCUT2D eigenvalue weighted by Gasteiger charge is 2.32. The number of carboxylic acids is 1. The molecule has 2 heterocycles. The molecule has 1 N–H and O–H groups in total. The molecule has 1 saturated heterocycles. The van der Waals surface area contributed by atoms with Crippen LogP contribution in [0.5, 0.6) is 0 Å². The second-order valence-corrected chi connectivity index (χ2v) is 5.98. The molecule has 1 aliphatic heterocycles. The van der Waals surface area contributed by atoms with E-state index in [1.807, 2.05) is 0 Å². The first-order valence-corrected chi connectivity index (χ1v) is 7.35. The van der Waals surface area contributed by atoms with Crippen molar-refractivity contribution in [2.45, 2.75) is 6.42 Å². The molecule has 0 saturated carbocycles. The summed E-state index contributed by atoms with van der Waals surface area (Å²) >= 11 is 1.28. The SMILES string of the molecule is [N-]=[N+]=NCC1CC(=O)N(c2nc3ccc(C(=O)O)cc3s2)C1. The molecule has 9 heteroatoms. The molecule has 1 amide bonds. The van der Waals surface area contributed by atoms with Crippen LogP contribution in [-0.2, 0) is 4.79 Å². The van der Waals surface area contributed by atoms with Crippen LogP contribution in [0.3, 0.4) is 0 Å². The monoisotopic (exact) mass is 317 g/mol. The first-order chi connectivity index (χ1) is 10.6. The van der Waals surface area contributed by atoms with Gasteiger partial charge in [0.1, 0.15) is 0 Å². The smallest absolute Gasteiger partial charge is 0.335 e. The summed E-state index contributed by atoms with van der Waals surface area (Å²) in [6.45, 7) is 0.746. The van der Waals surface area contributed by atoms with E-state index < -0.39 is 5.97 Å². The molecule has 1 unspecified atom stereocenters. The molecule has 1 aromatic carbocycles. The zero-order valence-electron chi connectivity index (χ0n) is 11.3. The molecule has 1 aliphatic rings. The number of aromatic nitrogens is 1. The van der Waals surface area contributed by atoms with Gasteiger partial charge < -0.3 is 5.11 Å². The Labute approximate surface area is 128 Å². The van der Waals surface area contributed by atoms with Crippen LogP contribution in [0.25, 0.3) is 20.7 Å². The van der Waals surface area contributed by atoms with Crippen molar-refractivity contribution in [3.05, 3.63) is 34.2 Å². The summed E-state index contributed by atoms with van der Waals surface area (Å²) in [5, 5.41) is 13.1. The van der Waals surface area contributed by atoms with Crippen LogP contribution in [0.15, 0.2) is 23.3 Å². The number of anilines is 1. The van der Waals surface area contributed by atoms with Gasteiger partial charge in [-0.15, -0.1) is 0 Å². The Bertz CT molecular complexity index is 811. The fourth-order valence-electron chi connectivity index (χ4n) is 2.40. The molecule has 1 atom stereocenters. The number of carboxylic acid groups (broad SMARTS) is 1. The van der Waals surface area contributed by atoms with E-state index in [9.17, 15) is 9.59 Å². The quantitative estimate of drug-likeness (QED) is 0.529. The maximum atomic E-state index is 12.1. The molecule has 0 aliphatic carbocycles. The zero-order valence-corrected chi connectivity index (χ0v) is 12.2. The average molecular weight is 317 g/mol. The molecule has 2 aromatic rings. The number of rotatable bonds is 4. The van der Waals surface area contributed by atoms with Crippen LogP contribution in [0.2, 0.25) is 0 Å². The number of fused-ring (bicyclic) bond motifs is 1. The summed E-state index contributed by atoms with van der Waals surface area (Å²) in [5.74, 6) is -1.07. The van der Waals surface area contributed by atoms with Gasteiger partial charge >= 0.3 is 5.97 Å². The molecule has 1 aromatic heterocycles. The number of amides is 1. The lowest BCUT2D eigenvalue weighted by Gasteiger charge is -2.11. The van der Waals surface area contributed by atoms with Crippen LogP contribution in [0, 0.1) is 5.92 Å². The van der Waals surface area contributed by atoms with Crippen molar-refractivity contribution >= 4 is 38.6 Å². The lowest BCUT2D eigenvalue weighted by molar-refractivity contribution is -0.117. The molecular weight excluding hydrogens is 306 g/mol. The minimum absolute atomic E-state index is 0.00927. The molecule has 0 radical (unpaired) electrons. The fraction of sp³-hybridized carbons (Fsp3) is 0.308. The largest absolute Gasteiger partial charge is 0.478 e. The summed E-state index contributed by atoms with van der Waals surface area (Å²) in [4.78, 5) is 31.7. The van der Waals surface area contributed by atoms with Gasteiger partial charge in [-0.05, 0) is 29.6 Å². The Morgan fingerprint density at radius 1 is 1.59 bits per heavy atom. The van der Waals surface area contributed by atoms with E-state index in [0.29, 0.717) is 23.6 Å². The number of nitrogens with zero attached hydrogens (tertiary/aromatic N) is 5. The minimum Gasteiger partial charge on any atom is -0.478 e. The number of aromatic carboxylic acids is 1. The molecular formula is C13H11N5O3S. The number of carbonyl (C=O) groups excluding carboxylic acids is 1. The molecule has 3 rings (SSSR count). The summed E-state index contributed by atoms with van der Waals surface area (Å²) in [5.41, 5.74) is 9.20. The minimum atomic E-state index is -0.997. The van der Waals surface area contributed by atoms with Crippen LogP contribution in [-0.4, -0.2) is 35.1 Å². The highest BCUT2D eigenvalue weighted by molar-refractivity contribution is 7.22. The van der Waals surface area contributed by atoms with E-state index in [-0.39, 0.29) is 23.9 Å². The highest BCUT2D eigenvalue weighted by atomic mass is 32.1. The lowest BCUT2D eigenvalue weighted by atomic mass is 10.1. The number of azide groups is 1. The summed E-state index contributed by atoms with van der Waals surface area (Å²) in [7, 11) is 0. The standard InChI is InChI=1S/C13H11N5O3S/c14-17-15-5-7-3-11(19)18(6-7)13-16-9-2-1-8(12(20)21)4-10(9)22-13/h1-2,4,7H,3,5-6H2,(H,20,21). The van der Waals surface area contributed by atoms with Gasteiger partial charge in [-0.1, -0.05) is 16.5 Å². The predicted molar refractivity (Wildman–Crippen MR) is 81.1 cm³/mol. The first kappa shape index (κ1) is 14.3. The normalized spacial score (nSPS) is 17.7. The zero-order chi connectivity index (χ0) is 15.7. The van der Waals surface area contributed by atoms with Crippen LogP contribution in [0.4, 0.5) is 5.13 Å². The highest BCUT2D eigenvalue weighted by Crippen LogP contribution is 2.33. The van der Waals surface area contributed by atoms with E-state index in [1.165, 1.54) is 17.4 Å². The van der Waals surface area contributed by atoms with Crippen molar-refractivity contribution in [3.8, 4) is 0 Å². The Morgan fingerprint density at radius 3 is 3.14 bits per heavy atom. The maximum Gasteiger partial charge on any atom is 0.335 e. The third-order valence-corrected chi connectivity index (χ3v) is 4.50. The maximum absolute atomic E-state index is 12.1. The van der Waals surface area contributed by atoms with E-state index in [1.54, 1.807) is 17.0 Å². The topological polar surface area (TPSA) is 119 Å². The van der Waals surface area contributed by atoms with Gasteiger partial charge in [0.05, 0.1) is 15.8 Å². The molecule has 22 heavy (non-hydrogen) atoms. The molecule has 0 bridgehead atoms. The molecule has 112 valence electrons. The summed E-state index contributed by atoms with van der Waals surface area (Å²) < 4.78 is 0.723. The Morgan fingerprint density at radius 2 is 2.41 bits per heavy atom. The fourth-order valence-corrected chi connectivity index (χ4v) is 3.43. The van der Waals surface area contributed by atoms with Crippen molar-refractivity contribution in [1.29, 1.82) is 0 Å². The van der Waals surface area contributed by atoms with Crippen LogP contribution < -0.4 is 4.90 Å². The van der Waals surface area contributed by atoms with Gasteiger partial charge in [0.25, 0.3) is 0 Å². The van der Waals surface area contributed by atoms with Crippen molar-refractivity contribution in [2.75, 3.05) is 18.0 Å². The number of benzene rings is 1. The van der Waals surface area contributed by atoms with E-state index in [0.717, 1.165) is 4.70 Å². The van der Waals surface area contributed by atoms with Crippen molar-refractivity contribution in [3.63, 3.8) is 0 Å². The molecule has 1 fully saturated rings. The third kappa shape index (κ3) is 2.59. The van der Waals surface area contributed by atoms with Crippen LogP contribution >= 0.6 is 11.3 Å².